The van der Waals surface area contributed by atoms with Crippen molar-refractivity contribution >= 4 is 17.8 Å². The molecule has 0 spiro atoms. The number of amides is 1. The molecule has 5 nitrogen and oxygen atoms in total. The lowest BCUT2D eigenvalue weighted by molar-refractivity contribution is -0.110. The number of benzene rings is 2. The predicted molar refractivity (Wildman–Crippen MR) is 90.8 cm³/mol. The summed E-state index contributed by atoms with van der Waals surface area (Å²) in [6.45, 7) is 4.29. The molecular weight excluding hydrogens is 292 g/mol. The number of para-hydroxylation sites is 2. The van der Waals surface area contributed by atoms with Gasteiger partial charge in [0.1, 0.15) is 25.7 Å². The second kappa shape index (κ2) is 7.98. The molecule has 2 aromatic rings. The Hall–Kier alpha value is -2.82. The van der Waals surface area contributed by atoms with E-state index in [1.807, 2.05) is 56.3 Å². The van der Waals surface area contributed by atoms with Crippen LogP contribution in [0.2, 0.25) is 0 Å². The van der Waals surface area contributed by atoms with Crippen molar-refractivity contribution in [3.63, 3.8) is 0 Å². The number of nitrogens with zero attached hydrogens (tertiary/aromatic N) is 1. The minimum Gasteiger partial charge on any atom is -0.489 e. The molecule has 0 aliphatic carbocycles. The van der Waals surface area contributed by atoms with Crippen molar-refractivity contribution in [3.8, 4) is 5.75 Å². The van der Waals surface area contributed by atoms with Crippen LogP contribution in [0.1, 0.15) is 16.7 Å². The zero-order chi connectivity index (χ0) is 16.7. The molecule has 0 saturated heterocycles. The maximum Gasteiger partial charge on any atom is 0.270 e. The monoisotopic (exact) mass is 312 g/mol. The summed E-state index contributed by atoms with van der Waals surface area (Å²) in [5, 5.41) is 6.28. The zero-order valence-electron chi connectivity index (χ0n) is 13.5. The molecule has 5 heteroatoms. The largest absolute Gasteiger partial charge is 0.489 e. The van der Waals surface area contributed by atoms with Crippen molar-refractivity contribution in [2.75, 3.05) is 12.4 Å². The summed E-state index contributed by atoms with van der Waals surface area (Å²) in [7, 11) is 1.39. The Balaban J connectivity index is 2.16. The Morgan fingerprint density at radius 3 is 2.61 bits per heavy atom. The van der Waals surface area contributed by atoms with Crippen molar-refractivity contribution in [2.24, 2.45) is 5.16 Å². The Kier molecular flexibility index (Phi) is 5.74. The molecule has 0 bridgehead atoms. The van der Waals surface area contributed by atoms with Gasteiger partial charge in [0.15, 0.2) is 0 Å². The summed E-state index contributed by atoms with van der Waals surface area (Å²) in [5.41, 5.74) is 3.65. The topological polar surface area (TPSA) is 59.9 Å². The number of carbonyl (C=O) groups is 1. The highest BCUT2D eigenvalue weighted by atomic mass is 16.6. The molecule has 0 fully saturated rings. The summed E-state index contributed by atoms with van der Waals surface area (Å²) in [6.07, 6.45) is 1.10. The van der Waals surface area contributed by atoms with Crippen molar-refractivity contribution in [1.29, 1.82) is 0 Å². The van der Waals surface area contributed by atoms with Crippen LogP contribution in [0.15, 0.2) is 47.6 Å². The summed E-state index contributed by atoms with van der Waals surface area (Å²) in [5.74, 6) is 0.477. The molecule has 23 heavy (non-hydrogen) atoms. The van der Waals surface area contributed by atoms with Crippen LogP contribution in [-0.4, -0.2) is 19.2 Å². The van der Waals surface area contributed by atoms with Gasteiger partial charge in [0, 0.05) is 5.56 Å². The quantitative estimate of drug-likeness (QED) is 0.656. The third-order valence-corrected chi connectivity index (χ3v) is 3.36. The maximum absolute atomic E-state index is 11.8. The van der Waals surface area contributed by atoms with E-state index >= 15 is 0 Å². The molecule has 0 radical (unpaired) electrons. The molecule has 0 atom stereocenters. The van der Waals surface area contributed by atoms with Gasteiger partial charge >= 0.3 is 0 Å². The number of anilines is 1. The van der Waals surface area contributed by atoms with Gasteiger partial charge in [-0.05, 0) is 31.0 Å². The highest BCUT2D eigenvalue weighted by Gasteiger charge is 2.09. The van der Waals surface area contributed by atoms with Crippen LogP contribution < -0.4 is 10.1 Å². The van der Waals surface area contributed by atoms with Crippen molar-refractivity contribution < 1.29 is 14.4 Å². The fourth-order valence-electron chi connectivity index (χ4n) is 2.16. The highest BCUT2D eigenvalue weighted by Crippen LogP contribution is 2.24. The Morgan fingerprint density at radius 2 is 1.87 bits per heavy atom. The molecule has 0 aliphatic heterocycles. The molecule has 1 amide bonds. The van der Waals surface area contributed by atoms with Crippen LogP contribution in [0.4, 0.5) is 5.69 Å². The third kappa shape index (κ3) is 4.57. The molecule has 0 heterocycles. The molecule has 0 saturated carbocycles. The van der Waals surface area contributed by atoms with Crippen molar-refractivity contribution in [2.45, 2.75) is 20.5 Å². The Bertz CT molecular complexity index is 711. The molecule has 2 rings (SSSR count). The second-order valence-corrected chi connectivity index (χ2v) is 5.07. The first-order chi connectivity index (χ1) is 11.1. The summed E-state index contributed by atoms with van der Waals surface area (Å²) in [6, 6.07) is 13.6. The fourth-order valence-corrected chi connectivity index (χ4v) is 2.16. The number of ether oxygens (including phenoxy) is 1. The van der Waals surface area contributed by atoms with Crippen LogP contribution in [0.5, 0.6) is 5.75 Å². The number of aryl methyl sites for hydroxylation is 2. The lowest BCUT2D eigenvalue weighted by Gasteiger charge is -2.14. The lowest BCUT2D eigenvalue weighted by atomic mass is 10.1. The number of hydrogen-bond acceptors (Lipinski definition) is 4. The standard InChI is InChI=1S/C18H20N2O3/c1-13-7-4-5-10-16(13)23-12-15-9-6-8-14(2)18(15)20-17(21)11-19-22-3/h4-11H,12H2,1-3H3,(H,20,21). The maximum atomic E-state index is 11.8. The van der Waals surface area contributed by atoms with Gasteiger partial charge in [0.25, 0.3) is 5.91 Å². The molecule has 120 valence electrons. The van der Waals surface area contributed by atoms with Gasteiger partial charge in [-0.15, -0.1) is 0 Å². The van der Waals surface area contributed by atoms with Gasteiger partial charge < -0.3 is 14.9 Å². The average molecular weight is 312 g/mol. The fraction of sp³-hybridized carbons (Fsp3) is 0.222. The van der Waals surface area contributed by atoms with Crippen LogP contribution in [0.3, 0.4) is 0 Å². The first-order valence-electron chi connectivity index (χ1n) is 7.26. The van der Waals surface area contributed by atoms with Gasteiger partial charge in [-0.25, -0.2) is 0 Å². The molecule has 1 N–H and O–H groups in total. The number of nitrogens with one attached hydrogen (secondary N) is 1. The number of carbonyl (C=O) groups excluding carboxylic acids is 1. The van der Waals surface area contributed by atoms with Crippen LogP contribution in [0, 0.1) is 13.8 Å². The smallest absolute Gasteiger partial charge is 0.270 e. The van der Waals surface area contributed by atoms with Crippen molar-refractivity contribution in [3.05, 3.63) is 59.2 Å². The van der Waals surface area contributed by atoms with Gasteiger partial charge in [-0.2, -0.15) is 0 Å². The zero-order valence-corrected chi connectivity index (χ0v) is 13.5. The van der Waals surface area contributed by atoms with E-state index < -0.39 is 0 Å². The predicted octanol–water partition coefficient (Wildman–Crippen LogP) is 3.45. The van der Waals surface area contributed by atoms with Gasteiger partial charge in [-0.1, -0.05) is 41.6 Å². The summed E-state index contributed by atoms with van der Waals surface area (Å²) in [4.78, 5) is 16.3. The molecule has 0 aromatic heterocycles. The van der Waals surface area contributed by atoms with E-state index in [1.165, 1.54) is 7.11 Å². The van der Waals surface area contributed by atoms with Gasteiger partial charge in [0.05, 0.1) is 5.69 Å². The number of oxime groups is 1. The molecular formula is C18H20N2O3. The van der Waals surface area contributed by atoms with E-state index in [4.69, 9.17) is 4.74 Å². The lowest BCUT2D eigenvalue weighted by Crippen LogP contribution is -2.16. The minimum absolute atomic E-state index is 0.349. The summed E-state index contributed by atoms with van der Waals surface area (Å²) < 4.78 is 5.87. The van der Waals surface area contributed by atoms with E-state index in [-0.39, 0.29) is 5.91 Å². The van der Waals surface area contributed by atoms with E-state index in [0.29, 0.717) is 6.61 Å². The highest BCUT2D eigenvalue weighted by molar-refractivity contribution is 6.31. The second-order valence-electron chi connectivity index (χ2n) is 5.07. The van der Waals surface area contributed by atoms with Gasteiger partial charge in [-0.3, -0.25) is 4.79 Å². The van der Waals surface area contributed by atoms with E-state index in [0.717, 1.165) is 34.3 Å². The molecule has 0 unspecified atom stereocenters. The average Bonchev–Trinajstić information content (AvgIpc) is 2.55. The van der Waals surface area contributed by atoms with E-state index in [1.54, 1.807) is 0 Å². The molecule has 2 aromatic carbocycles. The third-order valence-electron chi connectivity index (χ3n) is 3.36. The molecule has 0 aliphatic rings. The van der Waals surface area contributed by atoms with Gasteiger partial charge in [0.2, 0.25) is 0 Å². The van der Waals surface area contributed by atoms with Crippen molar-refractivity contribution in [1.82, 2.24) is 0 Å². The Morgan fingerprint density at radius 1 is 1.13 bits per heavy atom. The minimum atomic E-state index is -0.349. The first-order valence-corrected chi connectivity index (χ1v) is 7.26. The normalized spacial score (nSPS) is 10.6. The SMILES string of the molecule is CON=CC(=O)Nc1c(C)cccc1COc1ccccc1C. The van der Waals surface area contributed by atoms with Crippen LogP contribution >= 0.6 is 0 Å². The summed E-state index contributed by atoms with van der Waals surface area (Å²) >= 11 is 0. The van der Waals surface area contributed by atoms with Crippen LogP contribution in [-0.2, 0) is 16.2 Å². The first kappa shape index (κ1) is 16.5. The number of hydrogen-bond donors (Lipinski definition) is 1. The van der Waals surface area contributed by atoms with E-state index in [2.05, 4.69) is 15.3 Å². The number of rotatable bonds is 6. The van der Waals surface area contributed by atoms with Crippen LogP contribution in [0.25, 0.3) is 0 Å². The Labute approximate surface area is 135 Å². The van der Waals surface area contributed by atoms with E-state index in [9.17, 15) is 4.79 Å².